The number of pyridine rings is 1. The van der Waals surface area contributed by atoms with E-state index in [1.54, 1.807) is 12.3 Å². The minimum atomic E-state index is -0.304. The number of carbonyl (C=O) groups excluding carboxylic acids is 2. The molecule has 3 rings (SSSR count). The van der Waals surface area contributed by atoms with Crippen LogP contribution in [0.5, 0.6) is 0 Å². The van der Waals surface area contributed by atoms with Gasteiger partial charge < -0.3 is 15.1 Å². The molecule has 0 spiro atoms. The summed E-state index contributed by atoms with van der Waals surface area (Å²) in [5.41, 5.74) is 2.44. The van der Waals surface area contributed by atoms with Gasteiger partial charge in [-0.05, 0) is 56.2 Å². The second-order valence-corrected chi connectivity index (χ2v) is 8.44. The van der Waals surface area contributed by atoms with E-state index >= 15 is 0 Å². The minimum absolute atomic E-state index is 0.0357. The molecule has 2 amide bonds. The summed E-state index contributed by atoms with van der Waals surface area (Å²) in [6, 6.07) is 11.3. The van der Waals surface area contributed by atoms with Crippen molar-refractivity contribution in [2.24, 2.45) is 0 Å². The lowest BCUT2D eigenvalue weighted by Gasteiger charge is -2.16. The van der Waals surface area contributed by atoms with Gasteiger partial charge in [0, 0.05) is 44.8 Å². The Labute approximate surface area is 170 Å². The highest BCUT2D eigenvalue weighted by Gasteiger charge is 2.20. The maximum atomic E-state index is 12.5. The monoisotopic (exact) mass is 398 g/mol. The van der Waals surface area contributed by atoms with Gasteiger partial charge in [-0.2, -0.15) is 0 Å². The molecule has 1 aromatic heterocycles. The molecule has 28 heavy (non-hydrogen) atoms. The maximum absolute atomic E-state index is 12.5. The van der Waals surface area contributed by atoms with Crippen LogP contribution in [-0.4, -0.2) is 54.1 Å². The highest BCUT2D eigenvalue weighted by molar-refractivity contribution is 8.00. The van der Waals surface area contributed by atoms with Crippen molar-refractivity contribution in [3.63, 3.8) is 0 Å². The van der Waals surface area contributed by atoms with Crippen LogP contribution in [0.15, 0.2) is 47.6 Å². The van der Waals surface area contributed by atoms with Crippen molar-refractivity contribution in [3.8, 4) is 0 Å². The summed E-state index contributed by atoms with van der Waals surface area (Å²) in [7, 11) is 3.95. The van der Waals surface area contributed by atoms with Crippen molar-refractivity contribution < 1.29 is 9.59 Å². The third-order valence-electron chi connectivity index (χ3n) is 4.69. The van der Waals surface area contributed by atoms with Crippen LogP contribution in [0.25, 0.3) is 0 Å². The number of hydrogen-bond acceptors (Lipinski definition) is 5. The predicted molar refractivity (Wildman–Crippen MR) is 114 cm³/mol. The van der Waals surface area contributed by atoms with Crippen molar-refractivity contribution >= 4 is 35.0 Å². The number of amides is 2. The van der Waals surface area contributed by atoms with Crippen LogP contribution in [0.2, 0.25) is 0 Å². The van der Waals surface area contributed by atoms with E-state index in [1.165, 1.54) is 11.8 Å². The van der Waals surface area contributed by atoms with E-state index in [1.807, 2.05) is 61.2 Å². The number of hydrogen-bond donors (Lipinski definition) is 1. The van der Waals surface area contributed by atoms with E-state index in [0.29, 0.717) is 5.56 Å². The summed E-state index contributed by atoms with van der Waals surface area (Å²) in [4.78, 5) is 33.1. The smallest absolute Gasteiger partial charge is 0.255 e. The molecule has 0 bridgehead atoms. The molecule has 0 aliphatic carbocycles. The first-order valence-corrected chi connectivity index (χ1v) is 10.3. The second-order valence-electron chi connectivity index (χ2n) is 7.08. The Bertz CT molecular complexity index is 815. The number of thioether (sulfide) groups is 1. The molecule has 1 N–H and O–H groups in total. The molecule has 6 nitrogen and oxygen atoms in total. The first-order chi connectivity index (χ1) is 13.4. The summed E-state index contributed by atoms with van der Waals surface area (Å²) in [5, 5.41) is 3.35. The Morgan fingerprint density at radius 2 is 1.79 bits per heavy atom. The minimum Gasteiger partial charge on any atom is -0.378 e. The summed E-state index contributed by atoms with van der Waals surface area (Å²) in [5.74, 6) is -0.0462. The molecule has 1 saturated heterocycles. The fourth-order valence-electron chi connectivity index (χ4n) is 3.00. The highest BCUT2D eigenvalue weighted by atomic mass is 32.2. The molecule has 0 unspecified atom stereocenters. The summed E-state index contributed by atoms with van der Waals surface area (Å²) in [6.07, 6.45) is 3.74. The van der Waals surface area contributed by atoms with Crippen molar-refractivity contribution in [3.05, 3.63) is 48.2 Å². The van der Waals surface area contributed by atoms with E-state index < -0.39 is 0 Å². The van der Waals surface area contributed by atoms with Crippen molar-refractivity contribution in [1.82, 2.24) is 9.88 Å². The Kier molecular flexibility index (Phi) is 6.57. The van der Waals surface area contributed by atoms with Crippen LogP contribution in [0, 0.1) is 0 Å². The zero-order valence-electron chi connectivity index (χ0n) is 16.5. The standard InChI is InChI=1S/C21H26N4O2S/c1-15(20(26)23-17-7-9-18(10-8-17)24(2)3)28-19-11-6-16(14-22-19)21(27)25-12-4-5-13-25/h6-11,14-15H,4-5,12-13H2,1-3H3,(H,23,26)/t15-/m1/s1. The van der Waals surface area contributed by atoms with E-state index in [2.05, 4.69) is 10.3 Å². The maximum Gasteiger partial charge on any atom is 0.255 e. The van der Waals surface area contributed by atoms with Gasteiger partial charge in [0.05, 0.1) is 15.8 Å². The first-order valence-electron chi connectivity index (χ1n) is 9.44. The van der Waals surface area contributed by atoms with Crippen LogP contribution in [0.1, 0.15) is 30.1 Å². The third-order valence-corrected chi connectivity index (χ3v) is 5.75. The molecule has 1 atom stereocenters. The quantitative estimate of drug-likeness (QED) is 0.755. The molecule has 1 aliphatic heterocycles. The number of anilines is 2. The van der Waals surface area contributed by atoms with Gasteiger partial charge in [-0.3, -0.25) is 9.59 Å². The van der Waals surface area contributed by atoms with E-state index in [9.17, 15) is 9.59 Å². The van der Waals surface area contributed by atoms with Crippen LogP contribution < -0.4 is 10.2 Å². The largest absolute Gasteiger partial charge is 0.378 e. The first kappa shape index (κ1) is 20.2. The van der Waals surface area contributed by atoms with Crippen LogP contribution in [0.3, 0.4) is 0 Å². The van der Waals surface area contributed by atoms with Gasteiger partial charge in [0.15, 0.2) is 0 Å². The fraction of sp³-hybridized carbons (Fsp3) is 0.381. The van der Waals surface area contributed by atoms with Crippen molar-refractivity contribution in [2.75, 3.05) is 37.4 Å². The van der Waals surface area contributed by atoms with Gasteiger partial charge in [-0.15, -0.1) is 0 Å². The average Bonchev–Trinajstić information content (AvgIpc) is 3.23. The number of benzene rings is 1. The summed E-state index contributed by atoms with van der Waals surface area (Å²) < 4.78 is 0. The van der Waals surface area contributed by atoms with E-state index in [4.69, 9.17) is 0 Å². The van der Waals surface area contributed by atoms with Crippen molar-refractivity contribution in [1.29, 1.82) is 0 Å². The van der Waals surface area contributed by atoms with Crippen LogP contribution in [0.4, 0.5) is 11.4 Å². The molecule has 148 valence electrons. The third kappa shape index (κ3) is 5.04. The lowest BCUT2D eigenvalue weighted by Crippen LogP contribution is -2.27. The Balaban J connectivity index is 1.55. The molecule has 2 aromatic rings. The van der Waals surface area contributed by atoms with Gasteiger partial charge in [0.25, 0.3) is 5.91 Å². The molecule has 2 heterocycles. The Hall–Kier alpha value is -2.54. The average molecular weight is 399 g/mol. The van der Waals surface area contributed by atoms with Gasteiger partial charge in [0.1, 0.15) is 0 Å². The van der Waals surface area contributed by atoms with Crippen molar-refractivity contribution in [2.45, 2.75) is 30.0 Å². The molecule has 0 radical (unpaired) electrons. The van der Waals surface area contributed by atoms with Crippen LogP contribution in [-0.2, 0) is 4.79 Å². The van der Waals surface area contributed by atoms with E-state index in [-0.39, 0.29) is 17.1 Å². The van der Waals surface area contributed by atoms with Gasteiger partial charge in [-0.25, -0.2) is 4.98 Å². The molecule has 1 aromatic carbocycles. The SMILES string of the molecule is C[C@@H](Sc1ccc(C(=O)N2CCCC2)cn1)C(=O)Nc1ccc(N(C)C)cc1. The molecule has 7 heteroatoms. The predicted octanol–water partition coefficient (Wildman–Crippen LogP) is 3.50. The lowest BCUT2D eigenvalue weighted by atomic mass is 10.2. The zero-order valence-corrected chi connectivity index (χ0v) is 17.3. The number of rotatable bonds is 6. The van der Waals surface area contributed by atoms with E-state index in [0.717, 1.165) is 42.3 Å². The Morgan fingerprint density at radius 1 is 1.11 bits per heavy atom. The highest BCUT2D eigenvalue weighted by Crippen LogP contribution is 2.24. The summed E-state index contributed by atoms with van der Waals surface area (Å²) in [6.45, 7) is 3.49. The van der Waals surface area contributed by atoms with Gasteiger partial charge in [-0.1, -0.05) is 11.8 Å². The molecule has 1 aliphatic rings. The number of aromatic nitrogens is 1. The topological polar surface area (TPSA) is 65.5 Å². The van der Waals surface area contributed by atoms with Gasteiger partial charge >= 0.3 is 0 Å². The zero-order chi connectivity index (χ0) is 20.1. The summed E-state index contributed by atoms with van der Waals surface area (Å²) >= 11 is 1.38. The van der Waals surface area contributed by atoms with Gasteiger partial charge in [0.2, 0.25) is 5.91 Å². The fourth-order valence-corrected chi connectivity index (χ4v) is 3.79. The normalized spacial score (nSPS) is 14.6. The lowest BCUT2D eigenvalue weighted by molar-refractivity contribution is -0.115. The number of carbonyl (C=O) groups is 2. The second kappa shape index (κ2) is 9.10. The number of nitrogens with one attached hydrogen (secondary N) is 1. The Morgan fingerprint density at radius 3 is 2.36 bits per heavy atom. The molecule has 0 saturated carbocycles. The molecule has 1 fully saturated rings. The molecular formula is C21H26N4O2S. The number of likely N-dealkylation sites (tertiary alicyclic amines) is 1. The molecular weight excluding hydrogens is 372 g/mol. The number of nitrogens with zero attached hydrogens (tertiary/aromatic N) is 3. The van der Waals surface area contributed by atoms with Crippen LogP contribution >= 0.6 is 11.8 Å².